The second-order valence-electron chi connectivity index (χ2n) is 11.5. The van der Waals surface area contributed by atoms with E-state index >= 15 is 0 Å². The fraction of sp³-hybridized carbons (Fsp3) is 0.517. The fourth-order valence-corrected chi connectivity index (χ4v) is 8.85. The van der Waals surface area contributed by atoms with E-state index in [1.165, 1.54) is 11.8 Å². The van der Waals surface area contributed by atoms with Crippen molar-refractivity contribution in [3.63, 3.8) is 0 Å². The number of aliphatic hydroxyl groups excluding tert-OH is 1. The Bertz CT molecular complexity index is 1320. The van der Waals surface area contributed by atoms with Gasteiger partial charge in [-0.1, -0.05) is 55.5 Å². The van der Waals surface area contributed by atoms with Crippen molar-refractivity contribution in [3.05, 3.63) is 54.3 Å². The van der Waals surface area contributed by atoms with Gasteiger partial charge < -0.3 is 10.2 Å². The molecule has 188 valence electrons. The first-order chi connectivity index (χ1) is 17.2. The first kappa shape index (κ1) is 24.0. The minimum Gasteiger partial charge on any atom is -0.393 e. The molecule has 7 heteroatoms. The molecule has 6 nitrogen and oxygen atoms in total. The van der Waals surface area contributed by atoms with E-state index in [1.54, 1.807) is 18.3 Å². The molecule has 1 aromatic heterocycles. The topological polar surface area (TPSA) is 100 Å². The molecule has 1 heterocycles. The number of carbonyl (C=O) groups excluding carboxylic acids is 2. The molecule has 1 aromatic carbocycles. The van der Waals surface area contributed by atoms with Crippen LogP contribution in [0, 0.1) is 28.6 Å². The molecule has 2 N–H and O–H groups in total. The molecular formula is C29H32N2O4S. The SMILES string of the molecule is C[C@]12C=CC(=O)C=C1CC[C@@H]1[C@@H]2[C@@H](O)C[C@@]2(C)[C@H]1CC[C@]2(O)C(=O)CSc1ncc2ccccc2n1. The molecule has 0 spiro atoms. The van der Waals surface area contributed by atoms with Gasteiger partial charge in [-0.2, -0.15) is 0 Å². The van der Waals surface area contributed by atoms with Gasteiger partial charge in [0.1, 0.15) is 5.60 Å². The van der Waals surface area contributed by atoms with Crippen LogP contribution in [0.5, 0.6) is 0 Å². The maximum atomic E-state index is 13.6. The zero-order valence-corrected chi connectivity index (χ0v) is 21.5. The lowest BCUT2D eigenvalue weighted by Crippen LogP contribution is -2.61. The number of para-hydroxylation sites is 1. The zero-order valence-electron chi connectivity index (χ0n) is 20.7. The number of fused-ring (bicyclic) bond motifs is 6. The molecule has 4 aliphatic carbocycles. The van der Waals surface area contributed by atoms with Gasteiger partial charge in [-0.05, 0) is 62.2 Å². The Kier molecular flexibility index (Phi) is 5.56. The second-order valence-corrected chi connectivity index (χ2v) is 12.5. The number of thioether (sulfide) groups is 1. The third-order valence-corrected chi connectivity index (χ3v) is 10.8. The quantitative estimate of drug-likeness (QED) is 0.473. The van der Waals surface area contributed by atoms with Crippen molar-refractivity contribution in [2.45, 2.75) is 62.8 Å². The number of hydrogen-bond acceptors (Lipinski definition) is 7. The predicted octanol–water partition coefficient (Wildman–Crippen LogP) is 4.30. The molecule has 0 saturated heterocycles. The summed E-state index contributed by atoms with van der Waals surface area (Å²) in [5.74, 6) is 0.230. The van der Waals surface area contributed by atoms with Gasteiger partial charge in [-0.15, -0.1) is 0 Å². The number of allylic oxidation sites excluding steroid dienone is 4. The lowest BCUT2D eigenvalue weighted by atomic mass is 9.46. The van der Waals surface area contributed by atoms with Gasteiger partial charge in [0.15, 0.2) is 16.7 Å². The van der Waals surface area contributed by atoms with E-state index in [0.717, 1.165) is 35.7 Å². The van der Waals surface area contributed by atoms with Gasteiger partial charge in [0.05, 0.1) is 17.4 Å². The van der Waals surface area contributed by atoms with Gasteiger partial charge in [0, 0.05) is 28.3 Å². The van der Waals surface area contributed by atoms with E-state index < -0.39 is 17.1 Å². The molecule has 3 saturated carbocycles. The summed E-state index contributed by atoms with van der Waals surface area (Å²) < 4.78 is 0. The molecule has 0 aliphatic heterocycles. The molecule has 0 bridgehead atoms. The number of rotatable bonds is 4. The molecule has 0 amide bonds. The molecule has 3 fully saturated rings. The van der Waals surface area contributed by atoms with E-state index in [2.05, 4.69) is 16.9 Å². The number of carbonyl (C=O) groups is 2. The van der Waals surface area contributed by atoms with Crippen molar-refractivity contribution in [2.24, 2.45) is 28.6 Å². The van der Waals surface area contributed by atoms with Crippen LogP contribution in [0.1, 0.15) is 46.0 Å². The molecular weight excluding hydrogens is 472 g/mol. The van der Waals surface area contributed by atoms with E-state index in [9.17, 15) is 19.8 Å². The fourth-order valence-electron chi connectivity index (χ4n) is 8.06. The predicted molar refractivity (Wildman–Crippen MR) is 138 cm³/mol. The van der Waals surface area contributed by atoms with Crippen LogP contribution in [-0.4, -0.2) is 49.2 Å². The second kappa shape index (κ2) is 8.33. The summed E-state index contributed by atoms with van der Waals surface area (Å²) in [5, 5.41) is 24.9. The Hall–Kier alpha value is -2.35. The number of benzene rings is 1. The Morgan fingerprint density at radius 3 is 2.86 bits per heavy atom. The summed E-state index contributed by atoms with van der Waals surface area (Å²) in [6.45, 7) is 4.14. The van der Waals surface area contributed by atoms with E-state index in [1.807, 2.05) is 37.3 Å². The maximum absolute atomic E-state index is 13.6. The molecule has 0 radical (unpaired) electrons. The Morgan fingerprint density at radius 2 is 2.03 bits per heavy atom. The van der Waals surface area contributed by atoms with Crippen LogP contribution in [0.25, 0.3) is 10.9 Å². The molecule has 4 aliphatic rings. The highest BCUT2D eigenvalue weighted by Gasteiger charge is 2.67. The van der Waals surface area contributed by atoms with E-state index in [4.69, 9.17) is 0 Å². The maximum Gasteiger partial charge on any atom is 0.188 e. The zero-order chi connectivity index (χ0) is 25.3. The normalized spacial score (nSPS) is 39.3. The summed E-state index contributed by atoms with van der Waals surface area (Å²) in [4.78, 5) is 34.6. The monoisotopic (exact) mass is 504 g/mol. The molecule has 36 heavy (non-hydrogen) atoms. The summed E-state index contributed by atoms with van der Waals surface area (Å²) in [6, 6.07) is 7.72. The van der Waals surface area contributed by atoms with Gasteiger partial charge in [0.2, 0.25) is 0 Å². The smallest absolute Gasteiger partial charge is 0.188 e. The lowest BCUT2D eigenvalue weighted by molar-refractivity contribution is -0.174. The summed E-state index contributed by atoms with van der Waals surface area (Å²) in [6.07, 6.45) is 9.71. The van der Waals surface area contributed by atoms with Crippen LogP contribution in [0.3, 0.4) is 0 Å². The standard InChI is InChI=1S/C29H32N2O4S/c1-27-11-9-19(32)13-18(27)7-8-20-21-10-12-29(35,28(21,2)14-23(33)25(20)27)24(34)16-36-26-30-15-17-5-3-4-6-22(17)31-26/h3-6,9,11,13,15,20-21,23,25,33,35H,7-8,10,12,14,16H2,1-2H3/t20-,21-,23-,25+,27-,28-,29-/m0/s1. The van der Waals surface area contributed by atoms with Crippen molar-refractivity contribution in [3.8, 4) is 0 Å². The van der Waals surface area contributed by atoms with Crippen LogP contribution >= 0.6 is 11.8 Å². The van der Waals surface area contributed by atoms with Gasteiger partial charge in [-0.25, -0.2) is 9.97 Å². The van der Waals surface area contributed by atoms with Crippen LogP contribution in [0.2, 0.25) is 0 Å². The number of ketones is 2. The van der Waals surface area contributed by atoms with E-state index in [-0.39, 0.29) is 40.5 Å². The minimum absolute atomic E-state index is 0.0160. The molecule has 6 rings (SSSR count). The first-order valence-corrected chi connectivity index (χ1v) is 13.9. The summed E-state index contributed by atoms with van der Waals surface area (Å²) in [5.41, 5.74) is -0.599. The Balaban J connectivity index is 1.24. The van der Waals surface area contributed by atoms with Crippen molar-refractivity contribution in [1.82, 2.24) is 9.97 Å². The molecule has 0 unspecified atom stereocenters. The molecule has 7 atom stereocenters. The van der Waals surface area contributed by atoms with Crippen LogP contribution in [0.15, 0.2) is 59.4 Å². The number of aromatic nitrogens is 2. The van der Waals surface area contributed by atoms with Crippen LogP contribution < -0.4 is 0 Å². The number of Topliss-reactive ketones (excluding diaryl/α,β-unsaturated/α-hetero) is 1. The van der Waals surface area contributed by atoms with Gasteiger partial charge >= 0.3 is 0 Å². The number of hydrogen-bond donors (Lipinski definition) is 2. The number of aliphatic hydroxyl groups is 2. The van der Waals surface area contributed by atoms with Crippen LogP contribution in [0.4, 0.5) is 0 Å². The summed E-state index contributed by atoms with van der Waals surface area (Å²) >= 11 is 1.26. The van der Waals surface area contributed by atoms with Crippen molar-refractivity contribution in [1.29, 1.82) is 0 Å². The minimum atomic E-state index is -1.48. The van der Waals surface area contributed by atoms with Crippen molar-refractivity contribution in [2.75, 3.05) is 5.75 Å². The van der Waals surface area contributed by atoms with Gasteiger partial charge in [0.25, 0.3) is 0 Å². The van der Waals surface area contributed by atoms with Gasteiger partial charge in [-0.3, -0.25) is 9.59 Å². The third kappa shape index (κ3) is 3.39. The first-order valence-electron chi connectivity index (χ1n) is 12.9. The Morgan fingerprint density at radius 1 is 1.22 bits per heavy atom. The summed E-state index contributed by atoms with van der Waals surface area (Å²) in [7, 11) is 0. The molecule has 2 aromatic rings. The Labute approximate surface area is 215 Å². The highest BCUT2D eigenvalue weighted by atomic mass is 32.2. The van der Waals surface area contributed by atoms with Crippen molar-refractivity contribution < 1.29 is 19.8 Å². The highest BCUT2D eigenvalue weighted by Crippen LogP contribution is 2.67. The lowest BCUT2D eigenvalue weighted by Gasteiger charge is -2.59. The van der Waals surface area contributed by atoms with E-state index in [0.29, 0.717) is 18.0 Å². The third-order valence-electron chi connectivity index (χ3n) is 9.91. The largest absolute Gasteiger partial charge is 0.393 e. The average Bonchev–Trinajstić information content (AvgIpc) is 3.13. The average molecular weight is 505 g/mol. The van der Waals surface area contributed by atoms with Crippen molar-refractivity contribution >= 4 is 34.2 Å². The number of nitrogens with zero attached hydrogens (tertiary/aromatic N) is 2. The highest BCUT2D eigenvalue weighted by molar-refractivity contribution is 7.99. The van der Waals surface area contributed by atoms with Crippen LogP contribution in [-0.2, 0) is 9.59 Å².